The molecule has 0 amide bonds. The van der Waals surface area contributed by atoms with Gasteiger partial charge in [0.2, 0.25) is 5.78 Å². The lowest BCUT2D eigenvalue weighted by molar-refractivity contribution is -0.141. The molecule has 0 saturated carbocycles. The Morgan fingerprint density at radius 3 is 2.52 bits per heavy atom. The summed E-state index contributed by atoms with van der Waals surface area (Å²) in [6, 6.07) is 6.75. The van der Waals surface area contributed by atoms with Gasteiger partial charge in [-0.05, 0) is 18.1 Å². The van der Waals surface area contributed by atoms with Gasteiger partial charge in [0, 0.05) is 18.6 Å². The van der Waals surface area contributed by atoms with Crippen LogP contribution in [0.1, 0.15) is 29.3 Å². The number of nitrogen functional groups attached to an aromatic ring is 1. The average molecular weight is 394 g/mol. The van der Waals surface area contributed by atoms with Crippen LogP contribution in [-0.4, -0.2) is 27.5 Å². The zero-order valence-electron chi connectivity index (χ0n) is 15.0. The third-order valence-electron chi connectivity index (χ3n) is 3.97. The monoisotopic (exact) mass is 393 g/mol. The summed E-state index contributed by atoms with van der Waals surface area (Å²) < 4.78 is 6.92. The van der Waals surface area contributed by atoms with E-state index in [4.69, 9.17) is 22.1 Å². The molecule has 2 rings (SSSR count). The molecule has 0 unspecified atom stereocenters. The second-order valence-corrected chi connectivity index (χ2v) is 6.32. The molecule has 0 aliphatic heterocycles. The fourth-order valence-corrected chi connectivity index (χ4v) is 2.75. The summed E-state index contributed by atoms with van der Waals surface area (Å²) in [5.74, 6) is -1.67. The molecule has 0 atom stereocenters. The van der Waals surface area contributed by atoms with Gasteiger partial charge in [-0.25, -0.2) is 4.79 Å². The Labute approximate surface area is 160 Å². The molecular weight excluding hydrogens is 374 g/mol. The van der Waals surface area contributed by atoms with Crippen molar-refractivity contribution in [1.82, 2.24) is 9.13 Å². The third-order valence-corrected chi connectivity index (χ3v) is 4.33. The zero-order valence-corrected chi connectivity index (χ0v) is 15.8. The molecule has 2 aromatic rings. The van der Waals surface area contributed by atoms with Crippen molar-refractivity contribution in [3.05, 3.63) is 61.3 Å². The standard InChI is InChI=1S/C18H20ClN3O5/c1-3-8-22-16(20)15(17(25)21(2)18(22)26)13(23)10-27-14(24)9-11-6-4-5-7-12(11)19/h4-7H,3,8-10,20H2,1-2H3. The van der Waals surface area contributed by atoms with Crippen molar-refractivity contribution in [3.63, 3.8) is 0 Å². The quantitative estimate of drug-likeness (QED) is 0.557. The molecule has 1 aromatic carbocycles. The van der Waals surface area contributed by atoms with Crippen LogP contribution in [0.3, 0.4) is 0 Å². The van der Waals surface area contributed by atoms with E-state index in [-0.39, 0.29) is 24.3 Å². The van der Waals surface area contributed by atoms with Crippen molar-refractivity contribution in [2.24, 2.45) is 7.05 Å². The number of nitrogens with two attached hydrogens (primary N) is 1. The molecule has 0 aliphatic rings. The topological polar surface area (TPSA) is 113 Å². The Morgan fingerprint density at radius 2 is 1.89 bits per heavy atom. The van der Waals surface area contributed by atoms with E-state index in [1.54, 1.807) is 24.3 Å². The van der Waals surface area contributed by atoms with Crippen molar-refractivity contribution >= 4 is 29.2 Å². The van der Waals surface area contributed by atoms with Crippen molar-refractivity contribution < 1.29 is 14.3 Å². The second kappa shape index (κ2) is 8.68. The molecule has 1 heterocycles. The lowest BCUT2D eigenvalue weighted by atomic mass is 10.1. The normalized spacial score (nSPS) is 10.6. The van der Waals surface area contributed by atoms with E-state index >= 15 is 0 Å². The molecule has 0 bridgehead atoms. The highest BCUT2D eigenvalue weighted by Crippen LogP contribution is 2.16. The van der Waals surface area contributed by atoms with Gasteiger partial charge >= 0.3 is 11.7 Å². The Balaban J connectivity index is 2.19. The van der Waals surface area contributed by atoms with Gasteiger partial charge in [0.05, 0.1) is 6.42 Å². The Morgan fingerprint density at radius 1 is 1.22 bits per heavy atom. The molecule has 9 heteroatoms. The van der Waals surface area contributed by atoms with Gasteiger partial charge in [-0.2, -0.15) is 0 Å². The van der Waals surface area contributed by atoms with E-state index in [0.717, 1.165) is 9.13 Å². The number of halogens is 1. The summed E-state index contributed by atoms with van der Waals surface area (Å²) in [6.07, 6.45) is 0.471. The molecule has 8 nitrogen and oxygen atoms in total. The highest BCUT2D eigenvalue weighted by Gasteiger charge is 2.22. The lowest BCUT2D eigenvalue weighted by Gasteiger charge is -2.14. The zero-order chi connectivity index (χ0) is 20.1. The molecule has 27 heavy (non-hydrogen) atoms. The first kappa shape index (κ1) is 20.4. The summed E-state index contributed by atoms with van der Waals surface area (Å²) in [5.41, 5.74) is 4.63. The first-order chi connectivity index (χ1) is 12.8. The number of anilines is 1. The van der Waals surface area contributed by atoms with Crippen molar-refractivity contribution in [2.75, 3.05) is 12.3 Å². The maximum Gasteiger partial charge on any atom is 0.332 e. The van der Waals surface area contributed by atoms with Crippen molar-refractivity contribution in [2.45, 2.75) is 26.3 Å². The van der Waals surface area contributed by atoms with E-state index in [2.05, 4.69) is 0 Å². The third kappa shape index (κ3) is 4.46. The van der Waals surface area contributed by atoms with Crippen LogP contribution in [0.4, 0.5) is 5.82 Å². The average Bonchev–Trinajstić information content (AvgIpc) is 2.64. The molecular formula is C18H20ClN3O5. The maximum absolute atomic E-state index is 12.4. The number of rotatable bonds is 7. The first-order valence-corrected chi connectivity index (χ1v) is 8.67. The number of aromatic nitrogens is 2. The number of benzene rings is 1. The van der Waals surface area contributed by atoms with Crippen molar-refractivity contribution in [1.29, 1.82) is 0 Å². The molecule has 1 aromatic heterocycles. The van der Waals surface area contributed by atoms with Crippen LogP contribution in [0.5, 0.6) is 0 Å². The second-order valence-electron chi connectivity index (χ2n) is 5.91. The number of ether oxygens (including phenoxy) is 1. The predicted octanol–water partition coefficient (Wildman–Crippen LogP) is 1.16. The number of carbonyl (C=O) groups is 2. The summed E-state index contributed by atoms with van der Waals surface area (Å²) in [5, 5.41) is 0.408. The van der Waals surface area contributed by atoms with Crippen LogP contribution in [-0.2, 0) is 29.5 Å². The number of Topliss-reactive ketones (excluding diaryl/α,β-unsaturated/α-hetero) is 1. The van der Waals surface area contributed by atoms with E-state index in [9.17, 15) is 19.2 Å². The van der Waals surface area contributed by atoms with E-state index in [0.29, 0.717) is 17.0 Å². The van der Waals surface area contributed by atoms with Gasteiger partial charge in [0.1, 0.15) is 11.4 Å². The molecule has 0 saturated heterocycles. The Kier molecular flexibility index (Phi) is 6.57. The van der Waals surface area contributed by atoms with Crippen LogP contribution in [0.25, 0.3) is 0 Å². The van der Waals surface area contributed by atoms with Crippen LogP contribution < -0.4 is 17.0 Å². The molecule has 144 valence electrons. The van der Waals surface area contributed by atoms with E-state index in [1.165, 1.54) is 7.05 Å². The molecule has 2 N–H and O–H groups in total. The smallest absolute Gasteiger partial charge is 0.332 e. The van der Waals surface area contributed by atoms with Gasteiger partial charge in [0.15, 0.2) is 6.61 Å². The fraction of sp³-hybridized carbons (Fsp3) is 0.333. The number of nitrogens with zero attached hydrogens (tertiary/aromatic N) is 2. The van der Waals surface area contributed by atoms with Gasteiger partial charge in [-0.1, -0.05) is 36.7 Å². The van der Waals surface area contributed by atoms with Gasteiger partial charge in [0.25, 0.3) is 5.56 Å². The van der Waals surface area contributed by atoms with E-state index in [1.807, 2.05) is 6.92 Å². The SMILES string of the molecule is CCCn1c(N)c(C(=O)COC(=O)Cc2ccccc2Cl)c(=O)n(C)c1=O. The van der Waals surface area contributed by atoms with Gasteiger partial charge in [-0.15, -0.1) is 0 Å². The van der Waals surface area contributed by atoms with E-state index < -0.39 is 29.6 Å². The Hall–Kier alpha value is -2.87. The minimum atomic E-state index is -0.822. The van der Waals surface area contributed by atoms with Crippen LogP contribution >= 0.6 is 11.6 Å². The fourth-order valence-electron chi connectivity index (χ4n) is 2.55. The Bertz CT molecular complexity index is 993. The highest BCUT2D eigenvalue weighted by molar-refractivity contribution is 6.31. The number of hydrogen-bond acceptors (Lipinski definition) is 6. The summed E-state index contributed by atoms with van der Waals surface area (Å²) in [7, 11) is 1.26. The summed E-state index contributed by atoms with van der Waals surface area (Å²) in [4.78, 5) is 48.8. The number of esters is 1. The van der Waals surface area contributed by atoms with Gasteiger partial charge < -0.3 is 10.5 Å². The number of hydrogen-bond donors (Lipinski definition) is 1. The van der Waals surface area contributed by atoms with Crippen LogP contribution in [0, 0.1) is 0 Å². The van der Waals surface area contributed by atoms with Crippen LogP contribution in [0.2, 0.25) is 5.02 Å². The predicted molar refractivity (Wildman–Crippen MR) is 101 cm³/mol. The summed E-state index contributed by atoms with van der Waals surface area (Å²) >= 11 is 5.98. The summed E-state index contributed by atoms with van der Waals surface area (Å²) in [6.45, 7) is 1.42. The molecule has 0 spiro atoms. The number of ketones is 1. The minimum Gasteiger partial charge on any atom is -0.457 e. The number of carbonyl (C=O) groups excluding carboxylic acids is 2. The maximum atomic E-state index is 12.4. The van der Waals surface area contributed by atoms with Crippen molar-refractivity contribution in [3.8, 4) is 0 Å². The van der Waals surface area contributed by atoms with Crippen LogP contribution in [0.15, 0.2) is 33.9 Å². The first-order valence-electron chi connectivity index (χ1n) is 8.29. The molecule has 0 aliphatic carbocycles. The lowest BCUT2D eigenvalue weighted by Crippen LogP contribution is -2.43. The van der Waals surface area contributed by atoms with Gasteiger partial charge in [-0.3, -0.25) is 23.5 Å². The highest BCUT2D eigenvalue weighted by atomic mass is 35.5. The molecule has 0 radical (unpaired) electrons. The molecule has 0 fully saturated rings. The largest absolute Gasteiger partial charge is 0.457 e. The minimum absolute atomic E-state index is 0.115.